The summed E-state index contributed by atoms with van der Waals surface area (Å²) in [4.78, 5) is 16.4. The number of halogens is 2. The van der Waals surface area contributed by atoms with E-state index in [0.717, 1.165) is 8.95 Å². The van der Waals surface area contributed by atoms with E-state index in [2.05, 4.69) is 42.2 Å². The first-order valence-electron chi connectivity index (χ1n) is 5.49. The molecule has 7 heteroatoms. The molecule has 0 saturated heterocycles. The standard InChI is InChI=1S/C13H9Br2N3OS/c14-7-1-3-9(12(16)20)11(5-7)18-13(19)10-4-2-8(15)6-17-10/h1-6H,(H2,16,20)(H,18,19). The maximum absolute atomic E-state index is 12.1. The van der Waals surface area contributed by atoms with Gasteiger partial charge in [-0.05, 0) is 46.3 Å². The van der Waals surface area contributed by atoms with E-state index in [1.165, 1.54) is 0 Å². The molecule has 1 heterocycles. The van der Waals surface area contributed by atoms with Crippen LogP contribution in [0.25, 0.3) is 0 Å². The highest BCUT2D eigenvalue weighted by molar-refractivity contribution is 9.10. The Morgan fingerprint density at radius 3 is 2.50 bits per heavy atom. The molecule has 2 rings (SSSR count). The number of amides is 1. The summed E-state index contributed by atoms with van der Waals surface area (Å²) in [6.45, 7) is 0. The van der Waals surface area contributed by atoms with Crippen LogP contribution in [0.2, 0.25) is 0 Å². The van der Waals surface area contributed by atoms with Gasteiger partial charge in [-0.2, -0.15) is 0 Å². The minimum atomic E-state index is -0.326. The van der Waals surface area contributed by atoms with Gasteiger partial charge in [-0.3, -0.25) is 4.79 Å². The second-order valence-electron chi connectivity index (χ2n) is 3.87. The van der Waals surface area contributed by atoms with Gasteiger partial charge in [0.15, 0.2) is 0 Å². The number of hydrogen-bond donors (Lipinski definition) is 2. The molecule has 4 nitrogen and oxygen atoms in total. The van der Waals surface area contributed by atoms with E-state index in [4.69, 9.17) is 18.0 Å². The van der Waals surface area contributed by atoms with Crippen molar-refractivity contribution in [3.05, 3.63) is 56.7 Å². The first-order valence-corrected chi connectivity index (χ1v) is 7.49. The van der Waals surface area contributed by atoms with Gasteiger partial charge in [0.1, 0.15) is 10.7 Å². The third-order valence-electron chi connectivity index (χ3n) is 2.46. The maximum atomic E-state index is 12.1. The molecule has 3 N–H and O–H groups in total. The molecule has 20 heavy (non-hydrogen) atoms. The zero-order valence-corrected chi connectivity index (χ0v) is 14.0. The molecule has 0 atom stereocenters. The number of carbonyl (C=O) groups is 1. The van der Waals surface area contributed by atoms with Crippen LogP contribution in [0.3, 0.4) is 0 Å². The van der Waals surface area contributed by atoms with Crippen LogP contribution >= 0.6 is 44.1 Å². The molecule has 0 spiro atoms. The highest BCUT2D eigenvalue weighted by Crippen LogP contribution is 2.22. The minimum Gasteiger partial charge on any atom is -0.389 e. The van der Waals surface area contributed by atoms with E-state index in [9.17, 15) is 4.79 Å². The van der Waals surface area contributed by atoms with Gasteiger partial charge >= 0.3 is 0 Å². The average molecular weight is 415 g/mol. The molecule has 1 amide bonds. The number of anilines is 1. The Bertz CT molecular complexity index is 674. The van der Waals surface area contributed by atoms with Gasteiger partial charge in [-0.25, -0.2) is 4.98 Å². The number of nitrogens with zero attached hydrogens (tertiary/aromatic N) is 1. The zero-order chi connectivity index (χ0) is 14.7. The number of pyridine rings is 1. The molecular weight excluding hydrogens is 406 g/mol. The first kappa shape index (κ1) is 15.1. The van der Waals surface area contributed by atoms with Crippen LogP contribution in [0.5, 0.6) is 0 Å². The molecule has 0 saturated carbocycles. The number of carbonyl (C=O) groups excluding carboxylic acids is 1. The number of nitrogens with two attached hydrogens (primary N) is 1. The van der Waals surface area contributed by atoms with Crippen molar-refractivity contribution in [1.82, 2.24) is 4.98 Å². The molecule has 0 radical (unpaired) electrons. The van der Waals surface area contributed by atoms with Crippen LogP contribution in [0.1, 0.15) is 16.1 Å². The van der Waals surface area contributed by atoms with Crippen molar-refractivity contribution >= 4 is 60.7 Å². The zero-order valence-electron chi connectivity index (χ0n) is 10.1. The Balaban J connectivity index is 2.29. The van der Waals surface area contributed by atoms with Crippen molar-refractivity contribution in [3.8, 4) is 0 Å². The Kier molecular flexibility index (Phi) is 4.85. The van der Waals surface area contributed by atoms with Crippen molar-refractivity contribution in [1.29, 1.82) is 0 Å². The molecule has 0 aliphatic rings. The van der Waals surface area contributed by atoms with Crippen molar-refractivity contribution < 1.29 is 4.79 Å². The van der Waals surface area contributed by atoms with Crippen LogP contribution in [-0.4, -0.2) is 15.9 Å². The van der Waals surface area contributed by atoms with Crippen molar-refractivity contribution in [2.24, 2.45) is 5.73 Å². The minimum absolute atomic E-state index is 0.219. The predicted octanol–water partition coefficient (Wildman–Crippen LogP) is 3.49. The van der Waals surface area contributed by atoms with E-state index in [-0.39, 0.29) is 10.9 Å². The second kappa shape index (κ2) is 6.43. The lowest BCUT2D eigenvalue weighted by atomic mass is 10.1. The number of rotatable bonds is 3. The van der Waals surface area contributed by atoms with Gasteiger partial charge in [0.05, 0.1) is 5.69 Å². The second-order valence-corrected chi connectivity index (χ2v) is 6.14. The average Bonchev–Trinajstić information content (AvgIpc) is 2.39. The summed E-state index contributed by atoms with van der Waals surface area (Å²) < 4.78 is 1.62. The highest BCUT2D eigenvalue weighted by Gasteiger charge is 2.12. The van der Waals surface area contributed by atoms with Crippen LogP contribution in [-0.2, 0) is 0 Å². The highest BCUT2D eigenvalue weighted by atomic mass is 79.9. The third-order valence-corrected chi connectivity index (χ3v) is 3.64. The van der Waals surface area contributed by atoms with E-state index >= 15 is 0 Å². The summed E-state index contributed by atoms with van der Waals surface area (Å²) in [6.07, 6.45) is 1.56. The summed E-state index contributed by atoms with van der Waals surface area (Å²) in [5, 5.41) is 2.75. The Morgan fingerprint density at radius 1 is 1.20 bits per heavy atom. The van der Waals surface area contributed by atoms with Gasteiger partial charge in [-0.1, -0.05) is 28.1 Å². The molecule has 1 aromatic carbocycles. The number of aromatic nitrogens is 1. The SMILES string of the molecule is NC(=S)c1ccc(Br)cc1NC(=O)c1ccc(Br)cn1. The van der Waals surface area contributed by atoms with Crippen molar-refractivity contribution in [2.45, 2.75) is 0 Å². The molecule has 0 unspecified atom stereocenters. The van der Waals surface area contributed by atoms with Crippen LogP contribution in [0.4, 0.5) is 5.69 Å². The number of benzene rings is 1. The Hall–Kier alpha value is -1.31. The molecule has 0 fully saturated rings. The summed E-state index contributed by atoms with van der Waals surface area (Å²) in [7, 11) is 0. The topological polar surface area (TPSA) is 68.0 Å². The molecule has 1 aromatic heterocycles. The normalized spacial score (nSPS) is 10.1. The van der Waals surface area contributed by atoms with Gasteiger partial charge in [0.25, 0.3) is 5.91 Å². The number of thiocarbonyl (C=S) groups is 1. The van der Waals surface area contributed by atoms with Crippen molar-refractivity contribution in [2.75, 3.05) is 5.32 Å². The molecule has 0 aliphatic carbocycles. The van der Waals surface area contributed by atoms with Crippen LogP contribution in [0.15, 0.2) is 45.5 Å². The maximum Gasteiger partial charge on any atom is 0.274 e. The van der Waals surface area contributed by atoms with Gasteiger partial charge in [-0.15, -0.1) is 0 Å². The molecule has 0 bridgehead atoms. The fourth-order valence-corrected chi connectivity index (χ4v) is 2.30. The van der Waals surface area contributed by atoms with Gasteiger partial charge in [0.2, 0.25) is 0 Å². The van der Waals surface area contributed by atoms with E-state index in [1.807, 2.05) is 6.07 Å². The lowest BCUT2D eigenvalue weighted by Gasteiger charge is -2.10. The van der Waals surface area contributed by atoms with E-state index in [0.29, 0.717) is 16.9 Å². The summed E-state index contributed by atoms with van der Waals surface area (Å²) in [5.74, 6) is -0.326. The fraction of sp³-hybridized carbons (Fsp3) is 0. The lowest BCUT2D eigenvalue weighted by Crippen LogP contribution is -2.18. The first-order chi connectivity index (χ1) is 9.47. The smallest absolute Gasteiger partial charge is 0.274 e. The summed E-state index contributed by atoms with van der Waals surface area (Å²) >= 11 is 11.6. The molecular formula is C13H9Br2N3OS. The van der Waals surface area contributed by atoms with Gasteiger partial charge < -0.3 is 11.1 Å². The van der Waals surface area contributed by atoms with Crippen molar-refractivity contribution in [3.63, 3.8) is 0 Å². The molecule has 102 valence electrons. The fourth-order valence-electron chi connectivity index (χ4n) is 1.53. The van der Waals surface area contributed by atoms with E-state index in [1.54, 1.807) is 30.5 Å². The number of hydrogen-bond acceptors (Lipinski definition) is 3. The third kappa shape index (κ3) is 3.62. The van der Waals surface area contributed by atoms with Crippen LogP contribution < -0.4 is 11.1 Å². The molecule has 2 aromatic rings. The van der Waals surface area contributed by atoms with Crippen LogP contribution in [0, 0.1) is 0 Å². The summed E-state index contributed by atoms with van der Waals surface area (Å²) in [6, 6.07) is 8.67. The number of nitrogens with one attached hydrogen (secondary N) is 1. The quantitative estimate of drug-likeness (QED) is 0.754. The predicted molar refractivity (Wildman–Crippen MR) is 89.9 cm³/mol. The monoisotopic (exact) mass is 413 g/mol. The molecule has 0 aliphatic heterocycles. The Labute approximate surface area is 138 Å². The van der Waals surface area contributed by atoms with E-state index < -0.39 is 0 Å². The lowest BCUT2D eigenvalue weighted by molar-refractivity contribution is 0.102. The largest absolute Gasteiger partial charge is 0.389 e. The Morgan fingerprint density at radius 2 is 1.90 bits per heavy atom. The summed E-state index contributed by atoms with van der Waals surface area (Å²) in [5.41, 5.74) is 7.10. The van der Waals surface area contributed by atoms with Gasteiger partial charge in [0, 0.05) is 20.7 Å².